The van der Waals surface area contributed by atoms with Crippen molar-refractivity contribution in [1.29, 1.82) is 0 Å². The summed E-state index contributed by atoms with van der Waals surface area (Å²) >= 11 is 0. The molecule has 0 bridgehead atoms. The van der Waals surface area contributed by atoms with Crippen molar-refractivity contribution < 1.29 is 4.74 Å². The molecule has 9 aromatic rings. The van der Waals surface area contributed by atoms with Gasteiger partial charge in [0, 0.05) is 27.9 Å². The Morgan fingerprint density at radius 2 is 1.02 bits per heavy atom. The van der Waals surface area contributed by atoms with Gasteiger partial charge in [0.1, 0.15) is 11.5 Å². The van der Waals surface area contributed by atoms with Crippen LogP contribution in [0.5, 0.6) is 11.5 Å². The number of para-hydroxylation sites is 1. The molecule has 55 heavy (non-hydrogen) atoms. The van der Waals surface area contributed by atoms with E-state index in [2.05, 4.69) is 207 Å². The first-order chi connectivity index (χ1) is 27.0. The quantitative estimate of drug-likeness (QED) is 0.181. The molecule has 0 unspecified atom stereocenters. The third-order valence-electron chi connectivity index (χ3n) is 11.8. The van der Waals surface area contributed by atoms with Crippen molar-refractivity contribution in [1.82, 2.24) is 0 Å². The number of benzene rings is 9. The first-order valence-electron chi connectivity index (χ1n) is 19.1. The lowest BCUT2D eigenvalue weighted by Gasteiger charge is -2.30. The summed E-state index contributed by atoms with van der Waals surface area (Å²) in [7, 11) is 0. The van der Waals surface area contributed by atoms with Crippen molar-refractivity contribution in [2.75, 3.05) is 4.90 Å². The van der Waals surface area contributed by atoms with Crippen LogP contribution in [0.15, 0.2) is 188 Å². The largest absolute Gasteiger partial charge is 0.456 e. The van der Waals surface area contributed by atoms with Crippen molar-refractivity contribution in [2.45, 2.75) is 19.3 Å². The fraction of sp³-hybridized carbons (Fsp3) is 0.0566. The van der Waals surface area contributed by atoms with E-state index >= 15 is 0 Å². The maximum absolute atomic E-state index is 7.15. The third kappa shape index (κ3) is 4.95. The van der Waals surface area contributed by atoms with E-state index in [1.54, 1.807) is 0 Å². The molecular formula is C53H37NO. The molecular weight excluding hydrogens is 667 g/mol. The van der Waals surface area contributed by atoms with E-state index in [0.717, 1.165) is 56.4 Å². The molecule has 0 atom stereocenters. The van der Waals surface area contributed by atoms with Crippen LogP contribution in [0.2, 0.25) is 0 Å². The Morgan fingerprint density at radius 1 is 0.382 bits per heavy atom. The van der Waals surface area contributed by atoms with Crippen LogP contribution in [0.3, 0.4) is 0 Å². The lowest BCUT2D eigenvalue weighted by molar-refractivity contribution is 0.488. The van der Waals surface area contributed by atoms with Gasteiger partial charge in [0.2, 0.25) is 0 Å². The zero-order valence-corrected chi connectivity index (χ0v) is 30.8. The van der Waals surface area contributed by atoms with E-state index in [0.29, 0.717) is 0 Å². The molecule has 2 nitrogen and oxygen atoms in total. The predicted molar refractivity (Wildman–Crippen MR) is 230 cm³/mol. The normalized spacial score (nSPS) is 13.2. The number of anilines is 3. The molecule has 2 aliphatic rings. The van der Waals surface area contributed by atoms with Gasteiger partial charge in [-0.1, -0.05) is 135 Å². The van der Waals surface area contributed by atoms with E-state index in [9.17, 15) is 0 Å². The van der Waals surface area contributed by atoms with Crippen LogP contribution in [0.1, 0.15) is 25.0 Å². The molecule has 1 aliphatic carbocycles. The Balaban J connectivity index is 1.14. The highest BCUT2D eigenvalue weighted by Gasteiger charge is 2.36. The lowest BCUT2D eigenvalue weighted by atomic mass is 9.82. The molecule has 2 heteroatoms. The highest BCUT2D eigenvalue weighted by molar-refractivity contribution is 6.04. The predicted octanol–water partition coefficient (Wildman–Crippen LogP) is 14.9. The zero-order chi connectivity index (χ0) is 36.7. The van der Waals surface area contributed by atoms with Gasteiger partial charge in [-0.05, 0) is 133 Å². The highest BCUT2D eigenvalue weighted by Crippen LogP contribution is 2.55. The fourth-order valence-electron chi connectivity index (χ4n) is 9.06. The highest BCUT2D eigenvalue weighted by atomic mass is 16.5. The molecule has 0 aromatic heterocycles. The Labute approximate surface area is 321 Å². The van der Waals surface area contributed by atoms with E-state index in [1.165, 1.54) is 49.4 Å². The molecule has 0 spiro atoms. The summed E-state index contributed by atoms with van der Waals surface area (Å²) < 4.78 is 7.15. The number of fused-ring (bicyclic) bond motifs is 10. The molecule has 1 aliphatic heterocycles. The van der Waals surface area contributed by atoms with Gasteiger partial charge in [-0.2, -0.15) is 0 Å². The van der Waals surface area contributed by atoms with Gasteiger partial charge in [-0.15, -0.1) is 0 Å². The van der Waals surface area contributed by atoms with E-state index in [-0.39, 0.29) is 5.41 Å². The second kappa shape index (κ2) is 12.1. The molecule has 0 amide bonds. The lowest BCUT2D eigenvalue weighted by Crippen LogP contribution is -2.17. The monoisotopic (exact) mass is 703 g/mol. The van der Waals surface area contributed by atoms with Gasteiger partial charge in [-0.3, -0.25) is 0 Å². The minimum absolute atomic E-state index is 0.128. The van der Waals surface area contributed by atoms with E-state index < -0.39 is 0 Å². The van der Waals surface area contributed by atoms with Crippen LogP contribution < -0.4 is 9.64 Å². The summed E-state index contributed by atoms with van der Waals surface area (Å²) in [5.41, 5.74) is 15.2. The minimum atomic E-state index is -0.128. The van der Waals surface area contributed by atoms with Crippen LogP contribution in [-0.4, -0.2) is 0 Å². The van der Waals surface area contributed by atoms with Crippen LogP contribution in [0.4, 0.5) is 17.1 Å². The van der Waals surface area contributed by atoms with Crippen molar-refractivity contribution in [3.8, 4) is 56.0 Å². The van der Waals surface area contributed by atoms with E-state index in [1.807, 2.05) is 0 Å². The number of hydrogen-bond donors (Lipinski definition) is 0. The maximum Gasteiger partial charge on any atom is 0.137 e. The number of rotatable bonds is 4. The van der Waals surface area contributed by atoms with Crippen molar-refractivity contribution in [3.63, 3.8) is 0 Å². The number of ether oxygens (including phenoxy) is 1. The second-order valence-electron chi connectivity index (χ2n) is 15.3. The van der Waals surface area contributed by atoms with Gasteiger partial charge in [0.25, 0.3) is 0 Å². The minimum Gasteiger partial charge on any atom is -0.456 e. The first-order valence-corrected chi connectivity index (χ1v) is 19.1. The summed E-state index contributed by atoms with van der Waals surface area (Å²) in [5.74, 6) is 1.68. The average molecular weight is 704 g/mol. The Hall–Kier alpha value is -6.90. The molecule has 9 aromatic carbocycles. The summed E-state index contributed by atoms with van der Waals surface area (Å²) in [6.07, 6.45) is 0. The molecule has 260 valence electrons. The number of nitrogens with zero attached hydrogens (tertiary/aromatic N) is 1. The van der Waals surface area contributed by atoms with Crippen LogP contribution in [-0.2, 0) is 5.41 Å². The third-order valence-corrected chi connectivity index (χ3v) is 11.8. The van der Waals surface area contributed by atoms with Crippen molar-refractivity contribution in [2.24, 2.45) is 0 Å². The molecule has 0 saturated heterocycles. The Morgan fingerprint density at radius 3 is 1.84 bits per heavy atom. The molecule has 0 saturated carbocycles. The summed E-state index contributed by atoms with van der Waals surface area (Å²) in [4.78, 5) is 2.41. The number of hydrogen-bond acceptors (Lipinski definition) is 2. The molecule has 11 rings (SSSR count). The van der Waals surface area contributed by atoms with Gasteiger partial charge in [0.15, 0.2) is 0 Å². The van der Waals surface area contributed by atoms with Gasteiger partial charge < -0.3 is 9.64 Å². The van der Waals surface area contributed by atoms with Gasteiger partial charge in [0.05, 0.1) is 5.69 Å². The van der Waals surface area contributed by atoms with Crippen molar-refractivity contribution in [3.05, 3.63) is 199 Å². The molecule has 0 radical (unpaired) electrons. The van der Waals surface area contributed by atoms with Gasteiger partial charge >= 0.3 is 0 Å². The van der Waals surface area contributed by atoms with Crippen LogP contribution >= 0.6 is 0 Å². The first kappa shape index (κ1) is 31.6. The van der Waals surface area contributed by atoms with Crippen molar-refractivity contribution >= 4 is 38.6 Å². The topological polar surface area (TPSA) is 12.5 Å². The second-order valence-corrected chi connectivity index (χ2v) is 15.3. The SMILES string of the molecule is CC1(C)c2ccccc2-c2ccc(N(c3ccccc3)c3cccc4c3-c3cc5ccccc5cc3-c3ccc(-c5ccc6ccccc6c5)cc3O4)cc21. The molecule has 0 N–H and O–H groups in total. The standard InChI is InChI=1S/C53H37NO/c1-53(2)47-20-11-10-19-42(47)43-28-26-41(33-48(43)53)54(40-17-4-3-5-18-40)49-21-12-22-50-52(49)46-31-37-16-9-8-15-36(37)30-45(46)44-27-25-39(32-51(44)55-50)38-24-23-34-13-6-7-14-35(34)29-38/h3-33H,1-2H3. The summed E-state index contributed by atoms with van der Waals surface area (Å²) in [5, 5.41) is 4.86. The fourth-order valence-corrected chi connectivity index (χ4v) is 9.06. The molecule has 1 heterocycles. The average Bonchev–Trinajstić information content (AvgIpc) is 3.36. The van der Waals surface area contributed by atoms with Gasteiger partial charge in [-0.25, -0.2) is 0 Å². The Bertz CT molecular complexity index is 2990. The smallest absolute Gasteiger partial charge is 0.137 e. The zero-order valence-electron chi connectivity index (χ0n) is 30.8. The summed E-state index contributed by atoms with van der Waals surface area (Å²) in [6.45, 7) is 4.70. The maximum atomic E-state index is 7.15. The Kier molecular flexibility index (Phi) is 6.93. The van der Waals surface area contributed by atoms with Crippen LogP contribution in [0, 0.1) is 0 Å². The molecule has 0 fully saturated rings. The van der Waals surface area contributed by atoms with E-state index in [4.69, 9.17) is 4.74 Å². The summed E-state index contributed by atoms with van der Waals surface area (Å²) in [6, 6.07) is 68.4. The van der Waals surface area contributed by atoms with Crippen LogP contribution in [0.25, 0.3) is 66.1 Å².